The van der Waals surface area contributed by atoms with Gasteiger partial charge in [-0.15, -0.1) is 0 Å². The number of carbonyl (C=O) groups excluding carboxylic acids is 1. The third-order valence-electron chi connectivity index (χ3n) is 4.03. The van der Waals surface area contributed by atoms with Crippen molar-refractivity contribution in [1.29, 1.82) is 0 Å². The van der Waals surface area contributed by atoms with Gasteiger partial charge in [0.15, 0.2) is 5.82 Å². The highest BCUT2D eigenvalue weighted by molar-refractivity contribution is 7.11. The third-order valence-corrected chi connectivity index (χ3v) is 4.99. The van der Waals surface area contributed by atoms with Gasteiger partial charge in [0.1, 0.15) is 10.6 Å². The number of nitrogens with one attached hydrogen (secondary N) is 1. The number of hydrogen-bond donors (Lipinski definition) is 2. The van der Waals surface area contributed by atoms with Crippen LogP contribution in [-0.4, -0.2) is 29.4 Å². The van der Waals surface area contributed by atoms with E-state index in [4.69, 9.17) is 5.73 Å². The number of nitrogens with two attached hydrogens (primary N) is 1. The molecule has 0 unspecified atom stereocenters. The molecule has 2 saturated carbocycles. The van der Waals surface area contributed by atoms with E-state index in [2.05, 4.69) is 21.6 Å². The van der Waals surface area contributed by atoms with Crippen molar-refractivity contribution < 1.29 is 4.79 Å². The zero-order valence-corrected chi connectivity index (χ0v) is 12.0. The van der Waals surface area contributed by atoms with Crippen molar-refractivity contribution in [2.45, 2.75) is 50.6 Å². The van der Waals surface area contributed by atoms with Crippen LogP contribution in [0.2, 0.25) is 0 Å². The normalized spacial score (nSPS) is 19.6. The van der Waals surface area contributed by atoms with Crippen LogP contribution < -0.4 is 16.0 Å². The minimum Gasteiger partial charge on any atom is -0.382 e. The molecule has 6 heteroatoms. The first-order valence-corrected chi connectivity index (χ1v) is 7.73. The Morgan fingerprint density at radius 3 is 2.68 bits per heavy atom. The summed E-state index contributed by atoms with van der Waals surface area (Å²) in [5, 5.41) is 3.92. The highest BCUT2D eigenvalue weighted by Crippen LogP contribution is 2.35. The van der Waals surface area contributed by atoms with Crippen molar-refractivity contribution in [3.8, 4) is 0 Å². The lowest BCUT2D eigenvalue weighted by atomic mass is 10.2. The van der Waals surface area contributed by atoms with E-state index in [1.165, 1.54) is 37.2 Å². The number of amides is 1. The molecule has 0 spiro atoms. The second kappa shape index (κ2) is 5.00. The number of aromatic nitrogens is 1. The van der Waals surface area contributed by atoms with Crippen LogP contribution in [0.4, 0.5) is 10.8 Å². The van der Waals surface area contributed by atoms with Crippen LogP contribution >= 0.6 is 11.5 Å². The molecule has 0 radical (unpaired) electrons. The van der Waals surface area contributed by atoms with E-state index in [1.807, 2.05) is 0 Å². The summed E-state index contributed by atoms with van der Waals surface area (Å²) in [6.45, 7) is 0. The lowest BCUT2D eigenvalue weighted by Gasteiger charge is -2.25. The van der Waals surface area contributed by atoms with E-state index < -0.39 is 0 Å². The van der Waals surface area contributed by atoms with E-state index in [-0.39, 0.29) is 5.91 Å². The molecule has 19 heavy (non-hydrogen) atoms. The summed E-state index contributed by atoms with van der Waals surface area (Å²) in [6.07, 6.45) is 7.09. The molecule has 1 aromatic heterocycles. The predicted octanol–water partition coefficient (Wildman–Crippen LogP) is 2.00. The van der Waals surface area contributed by atoms with Crippen molar-refractivity contribution in [1.82, 2.24) is 9.69 Å². The fraction of sp³-hybridized carbons (Fsp3) is 0.692. The molecule has 2 fully saturated rings. The van der Waals surface area contributed by atoms with Crippen LogP contribution in [0.1, 0.15) is 48.9 Å². The highest BCUT2D eigenvalue weighted by Gasteiger charge is 2.30. The fourth-order valence-corrected chi connectivity index (χ4v) is 3.53. The van der Waals surface area contributed by atoms with Gasteiger partial charge < -0.3 is 16.0 Å². The van der Waals surface area contributed by atoms with Crippen molar-refractivity contribution >= 4 is 28.3 Å². The first-order chi connectivity index (χ1) is 9.16. The third kappa shape index (κ3) is 2.54. The van der Waals surface area contributed by atoms with Gasteiger partial charge in [-0.1, -0.05) is 12.8 Å². The SMILES string of the molecule is CN(c1snc(N)c1C(=O)NC1CC1)C1CCCC1. The van der Waals surface area contributed by atoms with Gasteiger partial charge in [-0.05, 0) is 37.2 Å². The Hall–Kier alpha value is -1.30. The molecule has 5 nitrogen and oxygen atoms in total. The molecule has 3 rings (SSSR count). The lowest BCUT2D eigenvalue weighted by Crippen LogP contribution is -2.32. The Morgan fingerprint density at radius 1 is 1.37 bits per heavy atom. The molecule has 2 aliphatic rings. The summed E-state index contributed by atoms with van der Waals surface area (Å²) < 4.78 is 4.17. The van der Waals surface area contributed by atoms with Gasteiger partial charge in [0.25, 0.3) is 5.91 Å². The summed E-state index contributed by atoms with van der Waals surface area (Å²) in [7, 11) is 2.05. The lowest BCUT2D eigenvalue weighted by molar-refractivity contribution is 0.0952. The van der Waals surface area contributed by atoms with Gasteiger partial charge in [-0.25, -0.2) is 0 Å². The monoisotopic (exact) mass is 280 g/mol. The van der Waals surface area contributed by atoms with Gasteiger partial charge in [-0.3, -0.25) is 4.79 Å². The minimum absolute atomic E-state index is 0.0615. The second-order valence-electron chi connectivity index (χ2n) is 5.54. The predicted molar refractivity (Wildman–Crippen MR) is 77.7 cm³/mol. The summed E-state index contributed by atoms with van der Waals surface area (Å²) in [5.74, 6) is 0.302. The number of nitrogen functional groups attached to an aromatic ring is 1. The maximum atomic E-state index is 12.3. The number of nitrogens with zero attached hydrogens (tertiary/aromatic N) is 2. The largest absolute Gasteiger partial charge is 0.382 e. The van der Waals surface area contributed by atoms with Gasteiger partial charge in [0.2, 0.25) is 0 Å². The van der Waals surface area contributed by atoms with Crippen molar-refractivity contribution in [2.24, 2.45) is 0 Å². The second-order valence-corrected chi connectivity index (χ2v) is 6.30. The first kappa shape index (κ1) is 12.7. The average molecular weight is 280 g/mol. The van der Waals surface area contributed by atoms with Crippen molar-refractivity contribution in [3.05, 3.63) is 5.56 Å². The fourth-order valence-electron chi connectivity index (χ4n) is 2.69. The van der Waals surface area contributed by atoms with Crippen LogP contribution in [0.3, 0.4) is 0 Å². The molecule has 2 aliphatic carbocycles. The molecule has 0 atom stereocenters. The van der Waals surface area contributed by atoms with Gasteiger partial charge >= 0.3 is 0 Å². The van der Waals surface area contributed by atoms with Crippen LogP contribution in [0.15, 0.2) is 0 Å². The Morgan fingerprint density at radius 2 is 2.05 bits per heavy atom. The van der Waals surface area contributed by atoms with Crippen LogP contribution in [0.5, 0.6) is 0 Å². The van der Waals surface area contributed by atoms with Crippen molar-refractivity contribution in [3.63, 3.8) is 0 Å². The zero-order chi connectivity index (χ0) is 13.4. The van der Waals surface area contributed by atoms with E-state index in [0.717, 1.165) is 17.8 Å². The summed E-state index contributed by atoms with van der Waals surface area (Å²) in [4.78, 5) is 14.5. The molecule has 1 heterocycles. The first-order valence-electron chi connectivity index (χ1n) is 6.95. The summed E-state index contributed by atoms with van der Waals surface area (Å²) >= 11 is 1.34. The molecule has 0 bridgehead atoms. The van der Waals surface area contributed by atoms with Crippen LogP contribution in [-0.2, 0) is 0 Å². The maximum Gasteiger partial charge on any atom is 0.258 e. The smallest absolute Gasteiger partial charge is 0.258 e. The number of carbonyl (C=O) groups is 1. The molecule has 0 aromatic carbocycles. The molecule has 104 valence electrons. The summed E-state index contributed by atoms with van der Waals surface area (Å²) in [6, 6.07) is 0.865. The number of anilines is 2. The van der Waals surface area contributed by atoms with Gasteiger partial charge in [0.05, 0.1) is 0 Å². The molecular weight excluding hydrogens is 260 g/mol. The molecule has 0 aliphatic heterocycles. The van der Waals surface area contributed by atoms with Gasteiger partial charge in [-0.2, -0.15) is 4.37 Å². The zero-order valence-electron chi connectivity index (χ0n) is 11.2. The topological polar surface area (TPSA) is 71.2 Å². The Balaban J connectivity index is 1.81. The number of hydrogen-bond acceptors (Lipinski definition) is 5. The quantitative estimate of drug-likeness (QED) is 0.885. The molecule has 3 N–H and O–H groups in total. The van der Waals surface area contributed by atoms with E-state index in [0.29, 0.717) is 23.5 Å². The Bertz CT molecular complexity index is 477. The van der Waals surface area contributed by atoms with E-state index >= 15 is 0 Å². The standard InChI is InChI=1S/C13H20N4OS/c1-17(9-4-2-3-5-9)13-10(11(14)16-19-13)12(18)15-8-6-7-8/h8-9H,2-7H2,1H3,(H2,14,16)(H,15,18). The van der Waals surface area contributed by atoms with E-state index in [1.54, 1.807) is 0 Å². The van der Waals surface area contributed by atoms with Crippen LogP contribution in [0.25, 0.3) is 0 Å². The average Bonchev–Trinajstić information content (AvgIpc) is 2.93. The van der Waals surface area contributed by atoms with E-state index in [9.17, 15) is 4.79 Å². The van der Waals surface area contributed by atoms with Crippen molar-refractivity contribution in [2.75, 3.05) is 17.7 Å². The summed E-state index contributed by atoms with van der Waals surface area (Å²) in [5.41, 5.74) is 6.46. The maximum absolute atomic E-state index is 12.3. The Labute approximate surface area is 117 Å². The molecular formula is C13H20N4OS. The van der Waals surface area contributed by atoms with Crippen LogP contribution in [0, 0.1) is 0 Å². The highest BCUT2D eigenvalue weighted by atomic mass is 32.1. The number of rotatable bonds is 4. The molecule has 1 amide bonds. The Kier molecular flexibility index (Phi) is 3.35. The molecule has 1 aromatic rings. The molecule has 0 saturated heterocycles. The minimum atomic E-state index is -0.0615. The van der Waals surface area contributed by atoms with Gasteiger partial charge in [0, 0.05) is 19.1 Å².